The van der Waals surface area contributed by atoms with Gasteiger partial charge in [-0.25, -0.2) is 0 Å². The molecule has 0 rings (SSSR count). The molecule has 0 atom stereocenters. The minimum absolute atomic E-state index is 0.187. The van der Waals surface area contributed by atoms with Crippen LogP contribution in [0.4, 0.5) is 0 Å². The van der Waals surface area contributed by atoms with Crippen LogP contribution in [0.5, 0.6) is 0 Å². The Labute approximate surface area is 133 Å². The lowest BCUT2D eigenvalue weighted by Gasteiger charge is -2.21. The number of likely N-dealkylation sites (N-methyl/N-ethyl adjacent to an activating group) is 1. The Morgan fingerprint density at radius 1 is 1.00 bits per heavy atom. The second-order valence-corrected chi connectivity index (χ2v) is 11.7. The van der Waals surface area contributed by atoms with Gasteiger partial charge in [0.1, 0.15) is 0 Å². The Hall–Kier alpha value is -0.833. The highest BCUT2D eigenvalue weighted by molar-refractivity contribution is 6.81. The normalized spacial score (nSPS) is 13.0. The molecule has 2 nitrogen and oxygen atoms in total. The fourth-order valence-electron chi connectivity index (χ4n) is 2.24. The largest absolute Gasteiger partial charge is 0.339 e. The van der Waals surface area contributed by atoms with Gasteiger partial charge in [-0.1, -0.05) is 63.7 Å². The first-order chi connectivity index (χ1) is 9.85. The summed E-state index contributed by atoms with van der Waals surface area (Å²) in [5, 5.41) is 0. The van der Waals surface area contributed by atoms with E-state index in [4.69, 9.17) is 0 Å². The van der Waals surface area contributed by atoms with Crippen LogP contribution >= 0.6 is 0 Å². The molecule has 0 aliphatic carbocycles. The fourth-order valence-corrected chi connectivity index (χ4v) is 3.39. The summed E-state index contributed by atoms with van der Waals surface area (Å²) >= 11 is 0. The van der Waals surface area contributed by atoms with E-state index < -0.39 is 8.07 Å². The van der Waals surface area contributed by atoms with Gasteiger partial charge in [0.25, 0.3) is 5.91 Å². The number of rotatable bonds is 10. The highest BCUT2D eigenvalue weighted by Gasteiger charge is 2.17. The maximum atomic E-state index is 12.6. The van der Waals surface area contributed by atoms with Gasteiger partial charge in [0.2, 0.25) is 0 Å². The topological polar surface area (TPSA) is 20.3 Å². The number of allylic oxidation sites excluding steroid dienone is 1. The Morgan fingerprint density at radius 2 is 1.62 bits per heavy atom. The van der Waals surface area contributed by atoms with Crippen molar-refractivity contribution in [1.82, 2.24) is 4.90 Å². The molecule has 122 valence electrons. The van der Waals surface area contributed by atoms with Gasteiger partial charge in [-0.3, -0.25) is 4.79 Å². The second-order valence-electron chi connectivity index (χ2n) is 6.69. The van der Waals surface area contributed by atoms with Gasteiger partial charge in [0.05, 0.1) is 8.07 Å². The summed E-state index contributed by atoms with van der Waals surface area (Å²) in [6, 6.07) is 0. The van der Waals surface area contributed by atoms with Crippen LogP contribution in [0.15, 0.2) is 23.4 Å². The molecule has 0 aromatic carbocycles. The van der Waals surface area contributed by atoms with E-state index >= 15 is 0 Å². The predicted molar refractivity (Wildman–Crippen MR) is 97.3 cm³/mol. The number of amides is 1. The van der Waals surface area contributed by atoms with Crippen molar-refractivity contribution in [3.63, 3.8) is 0 Å². The van der Waals surface area contributed by atoms with Gasteiger partial charge in [-0.2, -0.15) is 0 Å². The maximum absolute atomic E-state index is 12.6. The zero-order valence-corrected chi connectivity index (χ0v) is 16.0. The van der Waals surface area contributed by atoms with Crippen LogP contribution in [0, 0.1) is 0 Å². The van der Waals surface area contributed by atoms with Crippen molar-refractivity contribution in [2.75, 3.05) is 13.1 Å². The van der Waals surface area contributed by atoms with E-state index in [1.165, 1.54) is 25.7 Å². The van der Waals surface area contributed by atoms with Gasteiger partial charge in [-0.05, 0) is 26.7 Å². The number of hydrogen-bond acceptors (Lipinski definition) is 1. The molecule has 21 heavy (non-hydrogen) atoms. The molecule has 1 amide bonds. The molecule has 0 saturated heterocycles. The van der Waals surface area contributed by atoms with Crippen LogP contribution in [-0.2, 0) is 4.79 Å². The van der Waals surface area contributed by atoms with E-state index in [1.54, 1.807) is 0 Å². The number of hydrogen-bond donors (Lipinski definition) is 0. The summed E-state index contributed by atoms with van der Waals surface area (Å²) in [5.74, 6) is 0.187. The first kappa shape index (κ1) is 20.2. The van der Waals surface area contributed by atoms with E-state index in [2.05, 4.69) is 44.4 Å². The Kier molecular flexibility index (Phi) is 10.4. The average Bonchev–Trinajstić information content (AvgIpc) is 2.41. The van der Waals surface area contributed by atoms with Gasteiger partial charge >= 0.3 is 0 Å². The number of nitrogens with zero attached hydrogens (tertiary/aromatic N) is 1. The minimum atomic E-state index is -1.40. The fraction of sp³-hybridized carbons (Fsp3) is 0.722. The lowest BCUT2D eigenvalue weighted by Crippen LogP contribution is -2.32. The number of carbonyl (C=O) groups is 1. The molecule has 0 radical (unpaired) electrons. The molecule has 0 bridgehead atoms. The van der Waals surface area contributed by atoms with E-state index in [1.807, 2.05) is 18.7 Å². The Balaban J connectivity index is 4.81. The van der Waals surface area contributed by atoms with Crippen LogP contribution in [0.25, 0.3) is 0 Å². The van der Waals surface area contributed by atoms with E-state index in [0.29, 0.717) is 0 Å². The van der Waals surface area contributed by atoms with Crippen molar-refractivity contribution in [3.05, 3.63) is 23.4 Å². The van der Waals surface area contributed by atoms with Crippen LogP contribution in [0.1, 0.15) is 52.9 Å². The molecular formula is C18H35NOSi. The second kappa shape index (κ2) is 10.8. The molecule has 0 fully saturated rings. The van der Waals surface area contributed by atoms with Crippen LogP contribution in [0.3, 0.4) is 0 Å². The van der Waals surface area contributed by atoms with Crippen molar-refractivity contribution in [2.45, 2.75) is 72.5 Å². The molecule has 0 aliphatic heterocycles. The summed E-state index contributed by atoms with van der Waals surface area (Å²) in [4.78, 5) is 14.5. The van der Waals surface area contributed by atoms with Gasteiger partial charge in [-0.15, -0.1) is 0 Å². The van der Waals surface area contributed by atoms with E-state index in [-0.39, 0.29) is 5.91 Å². The molecule has 0 aromatic heterocycles. The van der Waals surface area contributed by atoms with Crippen molar-refractivity contribution < 1.29 is 4.79 Å². The quantitative estimate of drug-likeness (QED) is 0.235. The maximum Gasteiger partial charge on any atom is 0.253 e. The third-order valence-electron chi connectivity index (χ3n) is 3.41. The van der Waals surface area contributed by atoms with Gasteiger partial charge < -0.3 is 4.90 Å². The molecule has 0 aliphatic rings. The minimum Gasteiger partial charge on any atom is -0.339 e. The molecule has 0 spiro atoms. The number of unbranched alkanes of at least 4 members (excludes halogenated alkanes) is 4. The number of carbonyl (C=O) groups excluding carboxylic acids is 1. The van der Waals surface area contributed by atoms with Crippen molar-refractivity contribution in [2.24, 2.45) is 0 Å². The van der Waals surface area contributed by atoms with Crippen molar-refractivity contribution in [3.8, 4) is 0 Å². The first-order valence-electron chi connectivity index (χ1n) is 8.54. The zero-order valence-electron chi connectivity index (χ0n) is 15.0. The SMILES string of the molecule is CCCCCC/C=C/C(=C\[Si](C)(C)C)C(=O)N(CC)CC. The third-order valence-corrected chi connectivity index (χ3v) is 4.58. The summed E-state index contributed by atoms with van der Waals surface area (Å²) in [6.45, 7) is 14.7. The molecule has 0 heterocycles. The highest BCUT2D eigenvalue weighted by atomic mass is 28.3. The van der Waals surface area contributed by atoms with Gasteiger partial charge in [0.15, 0.2) is 0 Å². The molecule has 0 N–H and O–H groups in total. The monoisotopic (exact) mass is 309 g/mol. The molecule has 0 saturated carbocycles. The smallest absolute Gasteiger partial charge is 0.253 e. The van der Waals surface area contributed by atoms with Crippen LogP contribution in [0.2, 0.25) is 19.6 Å². The molecule has 0 unspecified atom stereocenters. The van der Waals surface area contributed by atoms with E-state index in [9.17, 15) is 4.79 Å². The first-order valence-corrected chi connectivity index (χ1v) is 12.1. The zero-order chi connectivity index (χ0) is 16.3. The van der Waals surface area contributed by atoms with Gasteiger partial charge in [0, 0.05) is 18.7 Å². The molecule has 0 aromatic rings. The third kappa shape index (κ3) is 9.67. The Morgan fingerprint density at radius 3 is 2.10 bits per heavy atom. The standard InChI is InChI=1S/C18H35NOSi/c1-7-10-11-12-13-14-15-17(16-21(4,5)6)18(20)19(8-2)9-3/h14-16H,7-13H2,1-6H3/b15-14+,17-16+. The average molecular weight is 310 g/mol. The molecular weight excluding hydrogens is 274 g/mol. The summed E-state index contributed by atoms with van der Waals surface area (Å²) in [5.41, 5.74) is 3.13. The van der Waals surface area contributed by atoms with E-state index in [0.717, 1.165) is 25.1 Å². The predicted octanol–water partition coefficient (Wildman–Crippen LogP) is 5.19. The van der Waals surface area contributed by atoms with Crippen LogP contribution < -0.4 is 0 Å². The van der Waals surface area contributed by atoms with Crippen molar-refractivity contribution in [1.29, 1.82) is 0 Å². The summed E-state index contributed by atoms with van der Waals surface area (Å²) in [6.07, 6.45) is 10.4. The lowest BCUT2D eigenvalue weighted by atomic mass is 10.1. The van der Waals surface area contributed by atoms with Crippen LogP contribution in [-0.4, -0.2) is 32.0 Å². The Bertz CT molecular complexity index is 349. The lowest BCUT2D eigenvalue weighted by molar-refractivity contribution is -0.126. The highest BCUT2D eigenvalue weighted by Crippen LogP contribution is 2.13. The summed E-state index contributed by atoms with van der Waals surface area (Å²) < 4.78 is 0. The van der Waals surface area contributed by atoms with Crippen molar-refractivity contribution >= 4 is 14.0 Å². The molecule has 3 heteroatoms. The summed E-state index contributed by atoms with van der Waals surface area (Å²) in [7, 11) is -1.40.